The number of rotatable bonds is 5. The topological polar surface area (TPSA) is 49.4 Å². The summed E-state index contributed by atoms with van der Waals surface area (Å²) in [5.74, 6) is -0.0633. The Morgan fingerprint density at radius 1 is 0.889 bits per heavy atom. The molecule has 1 aliphatic rings. The minimum atomic E-state index is -0.298. The second kappa shape index (κ2) is 8.85. The Labute approximate surface area is 161 Å². The van der Waals surface area contributed by atoms with E-state index in [1.165, 1.54) is 0 Å². The molecule has 2 aromatic rings. The number of amides is 2. The van der Waals surface area contributed by atoms with Crippen LogP contribution in [0.3, 0.4) is 0 Å². The van der Waals surface area contributed by atoms with E-state index in [0.717, 1.165) is 24.0 Å². The third-order valence-electron chi connectivity index (χ3n) is 5.12. The molecule has 0 saturated carbocycles. The van der Waals surface area contributed by atoms with Crippen molar-refractivity contribution in [2.45, 2.75) is 38.6 Å². The van der Waals surface area contributed by atoms with Crippen molar-refractivity contribution in [3.05, 3.63) is 71.8 Å². The van der Waals surface area contributed by atoms with Gasteiger partial charge < -0.3 is 10.2 Å². The third kappa shape index (κ3) is 4.76. The van der Waals surface area contributed by atoms with Crippen LogP contribution in [0.4, 0.5) is 0 Å². The van der Waals surface area contributed by atoms with Crippen LogP contribution in [0.15, 0.2) is 60.7 Å². The summed E-state index contributed by atoms with van der Waals surface area (Å²) in [7, 11) is 0. The molecule has 2 amide bonds. The van der Waals surface area contributed by atoms with Gasteiger partial charge in [0.2, 0.25) is 11.8 Å². The Morgan fingerprint density at radius 3 is 1.81 bits per heavy atom. The molecule has 27 heavy (non-hydrogen) atoms. The van der Waals surface area contributed by atoms with Crippen molar-refractivity contribution in [3.8, 4) is 0 Å². The summed E-state index contributed by atoms with van der Waals surface area (Å²) in [5, 5.41) is 2.99. The maximum Gasteiger partial charge on any atom is 0.234 e. The number of piperidine rings is 1. The molecule has 1 N–H and O–H groups in total. The maximum absolute atomic E-state index is 13.4. The molecule has 1 heterocycles. The SMILES string of the molecule is CC(C)NC(=O)C1CCN(C(=O)C(c2ccccc2)c2ccccc2)CC1. The summed E-state index contributed by atoms with van der Waals surface area (Å²) < 4.78 is 0. The van der Waals surface area contributed by atoms with Crippen LogP contribution in [-0.4, -0.2) is 35.8 Å². The van der Waals surface area contributed by atoms with Gasteiger partial charge in [-0.2, -0.15) is 0 Å². The van der Waals surface area contributed by atoms with E-state index < -0.39 is 0 Å². The van der Waals surface area contributed by atoms with E-state index in [1.807, 2.05) is 79.4 Å². The molecule has 0 unspecified atom stereocenters. The van der Waals surface area contributed by atoms with Gasteiger partial charge in [-0.3, -0.25) is 9.59 Å². The largest absolute Gasteiger partial charge is 0.354 e. The molecular formula is C23H28N2O2. The zero-order valence-electron chi connectivity index (χ0n) is 16.1. The Morgan fingerprint density at radius 2 is 1.37 bits per heavy atom. The summed E-state index contributed by atoms with van der Waals surface area (Å²) in [6.45, 7) is 5.21. The van der Waals surface area contributed by atoms with Crippen molar-refractivity contribution in [2.24, 2.45) is 5.92 Å². The maximum atomic E-state index is 13.4. The van der Waals surface area contributed by atoms with Gasteiger partial charge in [-0.1, -0.05) is 60.7 Å². The highest BCUT2D eigenvalue weighted by molar-refractivity contribution is 5.87. The molecule has 0 radical (unpaired) electrons. The number of likely N-dealkylation sites (tertiary alicyclic amines) is 1. The lowest BCUT2D eigenvalue weighted by atomic mass is 9.88. The number of nitrogens with one attached hydrogen (secondary N) is 1. The highest BCUT2D eigenvalue weighted by Gasteiger charge is 2.32. The minimum Gasteiger partial charge on any atom is -0.354 e. The molecule has 142 valence electrons. The molecule has 1 saturated heterocycles. The van der Waals surface area contributed by atoms with Crippen molar-refractivity contribution in [3.63, 3.8) is 0 Å². The van der Waals surface area contributed by atoms with Crippen molar-refractivity contribution in [1.82, 2.24) is 10.2 Å². The van der Waals surface area contributed by atoms with Crippen LogP contribution in [-0.2, 0) is 9.59 Å². The Bertz CT molecular complexity index is 711. The fourth-order valence-electron chi connectivity index (χ4n) is 3.72. The third-order valence-corrected chi connectivity index (χ3v) is 5.12. The first-order valence-corrected chi connectivity index (χ1v) is 9.75. The van der Waals surface area contributed by atoms with E-state index in [4.69, 9.17) is 0 Å². The lowest BCUT2D eigenvalue weighted by Crippen LogP contribution is -2.45. The summed E-state index contributed by atoms with van der Waals surface area (Å²) >= 11 is 0. The van der Waals surface area contributed by atoms with Crippen LogP contribution in [0.2, 0.25) is 0 Å². The molecule has 4 nitrogen and oxygen atoms in total. The fraction of sp³-hybridized carbons (Fsp3) is 0.391. The Balaban J connectivity index is 1.74. The van der Waals surface area contributed by atoms with Crippen LogP contribution >= 0.6 is 0 Å². The lowest BCUT2D eigenvalue weighted by Gasteiger charge is -2.34. The van der Waals surface area contributed by atoms with E-state index >= 15 is 0 Å². The van der Waals surface area contributed by atoms with Gasteiger partial charge in [0, 0.05) is 25.0 Å². The smallest absolute Gasteiger partial charge is 0.234 e. The minimum absolute atomic E-state index is 0.00310. The summed E-state index contributed by atoms with van der Waals surface area (Å²) in [6, 6.07) is 20.0. The predicted octanol–water partition coefficient (Wildman–Crippen LogP) is 3.58. The van der Waals surface area contributed by atoms with E-state index in [1.54, 1.807) is 0 Å². The standard InChI is InChI=1S/C23H28N2O2/c1-17(2)24-22(26)20-13-15-25(16-14-20)23(27)21(18-9-5-3-6-10-18)19-11-7-4-8-12-19/h3-12,17,20-21H,13-16H2,1-2H3,(H,24,26). The number of hydrogen-bond acceptors (Lipinski definition) is 2. The summed E-state index contributed by atoms with van der Waals surface area (Å²) in [5.41, 5.74) is 2.02. The zero-order valence-corrected chi connectivity index (χ0v) is 16.1. The summed E-state index contributed by atoms with van der Waals surface area (Å²) in [6.07, 6.45) is 1.45. The van der Waals surface area contributed by atoms with Crippen LogP contribution in [0.1, 0.15) is 43.7 Å². The summed E-state index contributed by atoms with van der Waals surface area (Å²) in [4.78, 5) is 27.5. The number of carbonyl (C=O) groups is 2. The first kappa shape index (κ1) is 19.2. The highest BCUT2D eigenvalue weighted by Crippen LogP contribution is 2.29. The molecule has 0 aliphatic carbocycles. The second-order valence-corrected chi connectivity index (χ2v) is 7.52. The average Bonchev–Trinajstić information content (AvgIpc) is 2.69. The molecule has 0 bridgehead atoms. The molecule has 4 heteroatoms. The number of hydrogen-bond donors (Lipinski definition) is 1. The molecule has 2 aromatic carbocycles. The monoisotopic (exact) mass is 364 g/mol. The first-order chi connectivity index (χ1) is 13.1. The highest BCUT2D eigenvalue weighted by atomic mass is 16.2. The van der Waals surface area contributed by atoms with E-state index in [9.17, 15) is 9.59 Å². The predicted molar refractivity (Wildman–Crippen MR) is 107 cm³/mol. The van der Waals surface area contributed by atoms with Gasteiger partial charge in [-0.25, -0.2) is 0 Å². The van der Waals surface area contributed by atoms with Crippen molar-refractivity contribution < 1.29 is 9.59 Å². The van der Waals surface area contributed by atoms with Gasteiger partial charge in [-0.05, 0) is 37.8 Å². The molecule has 3 rings (SSSR count). The normalized spacial score (nSPS) is 15.2. The van der Waals surface area contributed by atoms with Gasteiger partial charge in [0.15, 0.2) is 0 Å². The van der Waals surface area contributed by atoms with Crippen LogP contribution in [0, 0.1) is 5.92 Å². The van der Waals surface area contributed by atoms with Gasteiger partial charge in [0.1, 0.15) is 0 Å². The van der Waals surface area contributed by atoms with E-state index in [-0.39, 0.29) is 29.7 Å². The Hall–Kier alpha value is -2.62. The van der Waals surface area contributed by atoms with Crippen LogP contribution < -0.4 is 5.32 Å². The fourth-order valence-corrected chi connectivity index (χ4v) is 3.72. The molecule has 0 aromatic heterocycles. The van der Waals surface area contributed by atoms with Crippen molar-refractivity contribution in [1.29, 1.82) is 0 Å². The molecule has 1 aliphatic heterocycles. The average molecular weight is 364 g/mol. The molecule has 1 fully saturated rings. The zero-order chi connectivity index (χ0) is 19.2. The van der Waals surface area contributed by atoms with Crippen molar-refractivity contribution in [2.75, 3.05) is 13.1 Å². The van der Waals surface area contributed by atoms with Gasteiger partial charge in [0.25, 0.3) is 0 Å². The van der Waals surface area contributed by atoms with E-state index in [2.05, 4.69) is 5.32 Å². The Kier molecular flexibility index (Phi) is 6.28. The number of benzene rings is 2. The quantitative estimate of drug-likeness (QED) is 0.882. The van der Waals surface area contributed by atoms with Gasteiger partial charge in [0.05, 0.1) is 5.92 Å². The van der Waals surface area contributed by atoms with Gasteiger partial charge >= 0.3 is 0 Å². The number of nitrogens with zero attached hydrogens (tertiary/aromatic N) is 1. The number of carbonyl (C=O) groups excluding carboxylic acids is 2. The van der Waals surface area contributed by atoms with Gasteiger partial charge in [-0.15, -0.1) is 0 Å². The van der Waals surface area contributed by atoms with Crippen LogP contribution in [0.25, 0.3) is 0 Å². The van der Waals surface area contributed by atoms with Crippen LogP contribution in [0.5, 0.6) is 0 Å². The molecular weight excluding hydrogens is 336 g/mol. The molecule has 0 spiro atoms. The van der Waals surface area contributed by atoms with E-state index in [0.29, 0.717) is 13.1 Å². The lowest BCUT2D eigenvalue weighted by molar-refractivity contribution is -0.136. The molecule has 0 atom stereocenters. The first-order valence-electron chi connectivity index (χ1n) is 9.75. The van der Waals surface area contributed by atoms with Crippen molar-refractivity contribution >= 4 is 11.8 Å². The second-order valence-electron chi connectivity index (χ2n) is 7.52.